The average Bonchev–Trinajstić information content (AvgIpc) is 2.93. The second kappa shape index (κ2) is 10.8. The number of ketones is 1. The third kappa shape index (κ3) is 5.37. The minimum absolute atomic E-state index is 0.0783. The molecule has 5 rings (SSSR count). The number of hydrogen-bond acceptors (Lipinski definition) is 4. The van der Waals surface area contributed by atoms with E-state index >= 15 is 0 Å². The van der Waals surface area contributed by atoms with Gasteiger partial charge in [0.15, 0.2) is 18.1 Å². The molecule has 0 saturated heterocycles. The molecule has 38 heavy (non-hydrogen) atoms. The molecule has 190 valence electrons. The van der Waals surface area contributed by atoms with Crippen molar-refractivity contribution in [1.29, 1.82) is 0 Å². The van der Waals surface area contributed by atoms with Gasteiger partial charge in [-0.2, -0.15) is 13.0 Å². The van der Waals surface area contributed by atoms with E-state index in [0.717, 1.165) is 24.8 Å². The minimum Gasteiger partial charge on any atom is -0.867 e. The summed E-state index contributed by atoms with van der Waals surface area (Å²) in [4.78, 5) is 13.4. The summed E-state index contributed by atoms with van der Waals surface area (Å²) in [6, 6.07) is 26.3. The highest BCUT2D eigenvalue weighted by Gasteiger charge is 2.35. The molecular formula is C30H23BrN2O4S. The number of rotatable bonds is 7. The number of fused-ring (bicyclic) bond motifs is 1. The van der Waals surface area contributed by atoms with Crippen LogP contribution < -0.4 is 9.67 Å². The number of nitrogens with zero attached hydrogens (tertiary/aromatic N) is 2. The summed E-state index contributed by atoms with van der Waals surface area (Å²) in [5, 5.41) is 13.6. The zero-order valence-corrected chi connectivity index (χ0v) is 22.7. The molecule has 4 aromatic rings. The van der Waals surface area contributed by atoms with Gasteiger partial charge < -0.3 is 5.11 Å². The molecule has 0 atom stereocenters. The van der Waals surface area contributed by atoms with Crippen LogP contribution in [0.2, 0.25) is 0 Å². The van der Waals surface area contributed by atoms with Gasteiger partial charge in [0, 0.05) is 22.2 Å². The molecule has 0 N–H and O–H groups in total. The Morgan fingerprint density at radius 2 is 1.34 bits per heavy atom. The van der Waals surface area contributed by atoms with Gasteiger partial charge in [0.2, 0.25) is 11.5 Å². The Bertz CT molecular complexity index is 1660. The van der Waals surface area contributed by atoms with Crippen molar-refractivity contribution in [2.75, 3.05) is 0 Å². The van der Waals surface area contributed by atoms with E-state index in [9.17, 15) is 18.3 Å². The van der Waals surface area contributed by atoms with Crippen LogP contribution in [0, 0.1) is 0 Å². The fourth-order valence-corrected chi connectivity index (χ4v) is 5.63. The van der Waals surface area contributed by atoms with Gasteiger partial charge in [-0.05, 0) is 66.0 Å². The fourth-order valence-electron chi connectivity index (χ4n) is 4.37. The van der Waals surface area contributed by atoms with Crippen LogP contribution in [0.25, 0.3) is 11.5 Å². The summed E-state index contributed by atoms with van der Waals surface area (Å²) in [5.74, 6) is -1.08. The molecule has 1 aliphatic rings. The third-order valence-electron chi connectivity index (χ3n) is 6.32. The lowest BCUT2D eigenvalue weighted by atomic mass is 9.91. The highest BCUT2D eigenvalue weighted by molar-refractivity contribution is 9.10. The first kappa shape index (κ1) is 25.8. The van der Waals surface area contributed by atoms with Crippen LogP contribution in [0.5, 0.6) is 0 Å². The van der Waals surface area contributed by atoms with Crippen molar-refractivity contribution >= 4 is 48.9 Å². The van der Waals surface area contributed by atoms with Crippen molar-refractivity contribution in [2.45, 2.75) is 24.2 Å². The summed E-state index contributed by atoms with van der Waals surface area (Å²) in [6.45, 7) is 0. The van der Waals surface area contributed by atoms with E-state index in [1.807, 2.05) is 30.3 Å². The van der Waals surface area contributed by atoms with Gasteiger partial charge in [-0.3, -0.25) is 4.79 Å². The van der Waals surface area contributed by atoms with Gasteiger partial charge in [0.1, 0.15) is 0 Å². The normalized spacial score (nSPS) is 14.6. The van der Waals surface area contributed by atoms with Crippen LogP contribution in [0.3, 0.4) is 0 Å². The predicted molar refractivity (Wildman–Crippen MR) is 148 cm³/mol. The molecule has 0 fully saturated rings. The summed E-state index contributed by atoms with van der Waals surface area (Å²) >= 11 is 3.28. The maximum Gasteiger partial charge on any atom is 0.283 e. The van der Waals surface area contributed by atoms with E-state index < -0.39 is 27.3 Å². The van der Waals surface area contributed by atoms with E-state index in [1.54, 1.807) is 42.7 Å². The van der Waals surface area contributed by atoms with Gasteiger partial charge >= 0.3 is 0 Å². The van der Waals surface area contributed by atoms with Crippen molar-refractivity contribution in [3.05, 3.63) is 130 Å². The molecule has 0 saturated carbocycles. The number of allylic oxidation sites excluding steroid dienone is 1. The molecule has 6 nitrogen and oxygen atoms in total. The van der Waals surface area contributed by atoms with Gasteiger partial charge in [0.25, 0.3) is 10.0 Å². The van der Waals surface area contributed by atoms with Crippen molar-refractivity contribution < 1.29 is 22.9 Å². The summed E-state index contributed by atoms with van der Waals surface area (Å²) < 4.78 is 32.4. The summed E-state index contributed by atoms with van der Waals surface area (Å²) in [6.07, 6.45) is 6.08. The van der Waals surface area contributed by atoms with E-state index in [4.69, 9.17) is 0 Å². The number of Topliss-reactive ketones (excluding diaryl/α,β-unsaturated/α-hetero) is 1. The molecule has 8 heteroatoms. The van der Waals surface area contributed by atoms with Gasteiger partial charge in [0.05, 0.1) is 4.90 Å². The number of benzene rings is 3. The Balaban J connectivity index is 1.51. The van der Waals surface area contributed by atoms with Crippen molar-refractivity contribution in [3.8, 4) is 0 Å². The van der Waals surface area contributed by atoms with Crippen molar-refractivity contribution in [3.63, 3.8) is 0 Å². The number of aromatic nitrogens is 1. The molecular weight excluding hydrogens is 564 g/mol. The summed E-state index contributed by atoms with van der Waals surface area (Å²) in [7, 11) is -4.26. The highest BCUT2D eigenvalue weighted by atomic mass is 79.9. The number of carbonyl (C=O) groups is 1. The van der Waals surface area contributed by atoms with Gasteiger partial charge in [-0.15, -0.1) is 4.40 Å². The third-order valence-corrected chi connectivity index (χ3v) is 8.14. The molecule has 0 unspecified atom stereocenters. The van der Waals surface area contributed by atoms with Crippen LogP contribution in [-0.2, 0) is 22.9 Å². The molecule has 0 bridgehead atoms. The molecule has 1 aromatic heterocycles. The zero-order valence-electron chi connectivity index (χ0n) is 20.2. The van der Waals surface area contributed by atoms with Crippen LogP contribution >= 0.6 is 15.9 Å². The molecule has 0 amide bonds. The Morgan fingerprint density at radius 1 is 0.763 bits per heavy atom. The second-order valence-corrected chi connectivity index (χ2v) is 11.4. The Labute approximate surface area is 229 Å². The number of carbonyl (C=O) groups excluding carboxylic acids is 1. The Kier molecular flexibility index (Phi) is 7.35. The molecule has 0 radical (unpaired) electrons. The van der Waals surface area contributed by atoms with Crippen LogP contribution in [0.15, 0.2) is 117 Å². The van der Waals surface area contributed by atoms with Gasteiger partial charge in [-0.1, -0.05) is 70.5 Å². The number of halogens is 1. The van der Waals surface area contributed by atoms with Gasteiger partial charge in [-0.25, -0.2) is 0 Å². The highest BCUT2D eigenvalue weighted by Crippen LogP contribution is 2.28. The van der Waals surface area contributed by atoms with Crippen molar-refractivity contribution in [2.24, 2.45) is 4.40 Å². The SMILES string of the molecule is O=C1/C(=N\S(=O)(=O)c2ccc(Br)cc2)C([n+]2ccc(CCCc3ccccc3)cc2)=C([O-])c2ccccc21. The lowest BCUT2D eigenvalue weighted by Crippen LogP contribution is -2.43. The Morgan fingerprint density at radius 3 is 2.00 bits per heavy atom. The van der Waals surface area contributed by atoms with Crippen molar-refractivity contribution in [1.82, 2.24) is 0 Å². The van der Waals surface area contributed by atoms with E-state index in [-0.39, 0.29) is 21.7 Å². The number of sulfonamides is 1. The lowest BCUT2D eigenvalue weighted by molar-refractivity contribution is -0.577. The summed E-state index contributed by atoms with van der Waals surface area (Å²) in [5.41, 5.74) is 2.18. The zero-order chi connectivity index (χ0) is 26.7. The number of pyridine rings is 1. The van der Waals surface area contributed by atoms with Crippen LogP contribution in [-0.4, -0.2) is 19.9 Å². The lowest BCUT2D eigenvalue weighted by Gasteiger charge is -2.23. The maximum absolute atomic E-state index is 13.6. The topological polar surface area (TPSA) is 90.5 Å². The average molecular weight is 587 g/mol. The molecule has 3 aromatic carbocycles. The minimum atomic E-state index is -4.26. The second-order valence-electron chi connectivity index (χ2n) is 8.87. The first-order valence-corrected chi connectivity index (χ1v) is 14.3. The number of hydrogen-bond donors (Lipinski definition) is 0. The maximum atomic E-state index is 13.6. The van der Waals surface area contributed by atoms with E-state index in [1.165, 1.54) is 28.3 Å². The molecule has 0 aliphatic heterocycles. The predicted octanol–water partition coefficient (Wildman–Crippen LogP) is 4.62. The quantitative estimate of drug-likeness (QED) is 0.295. The monoisotopic (exact) mass is 586 g/mol. The van der Waals surface area contributed by atoms with Crippen LogP contribution in [0.4, 0.5) is 0 Å². The molecule has 1 heterocycles. The number of aryl methyl sites for hydroxylation is 2. The fraction of sp³-hybridized carbons (Fsp3) is 0.100. The Hall–Kier alpha value is -3.88. The van der Waals surface area contributed by atoms with E-state index in [2.05, 4.69) is 32.5 Å². The smallest absolute Gasteiger partial charge is 0.283 e. The molecule has 1 aliphatic carbocycles. The standard InChI is InChI=1S/C30H23BrN2O4S/c31-23-13-15-24(16-14-23)38(36,37)32-27-28(30(35)26-12-5-4-11-25(26)29(27)34)33-19-17-22(18-20-33)10-6-9-21-7-2-1-3-8-21/h1-5,7-8,11-20H,6,9-10H2. The first-order chi connectivity index (χ1) is 18.3. The first-order valence-electron chi connectivity index (χ1n) is 12.0. The molecule has 0 spiro atoms. The largest absolute Gasteiger partial charge is 0.867 e. The van der Waals surface area contributed by atoms with E-state index in [0.29, 0.717) is 4.47 Å². The van der Waals surface area contributed by atoms with Crippen LogP contribution in [0.1, 0.15) is 33.5 Å².